The van der Waals surface area contributed by atoms with Crippen LogP contribution in [0.15, 0.2) is 0 Å². The zero-order valence-electron chi connectivity index (χ0n) is 10.7. The van der Waals surface area contributed by atoms with E-state index in [9.17, 15) is 35.1 Å². The third-order valence-corrected chi connectivity index (χ3v) is 3.40. The predicted molar refractivity (Wildman–Crippen MR) is 62.1 cm³/mol. The maximum Gasteiger partial charge on any atom is 0.377 e. The van der Waals surface area contributed by atoms with Gasteiger partial charge < -0.3 is 0 Å². The monoisotopic (exact) mass is 400 g/mol. The third kappa shape index (κ3) is 3.80. The lowest BCUT2D eigenvalue weighted by molar-refractivity contribution is -0.342. The van der Waals surface area contributed by atoms with E-state index in [4.69, 9.17) is 10.5 Å². The summed E-state index contributed by atoms with van der Waals surface area (Å²) in [6.45, 7) is 0. The molecule has 2 nitrogen and oxygen atoms in total. The number of nitrogens with zero attached hydrogens (tertiary/aromatic N) is 2. The fourth-order valence-electron chi connectivity index (χ4n) is 1.54. The lowest BCUT2D eigenvalue weighted by atomic mass is 9.79. The second-order valence-corrected chi connectivity index (χ2v) is 5.27. The summed E-state index contributed by atoms with van der Waals surface area (Å²) in [6.07, 6.45) is -7.99. The molecule has 0 aliphatic rings. The Bertz CT molecular complexity index is 452. The summed E-state index contributed by atoms with van der Waals surface area (Å²) in [5.74, 6) is -18.4. The molecule has 0 fully saturated rings. The van der Waals surface area contributed by atoms with Crippen molar-refractivity contribution in [3.63, 3.8) is 0 Å². The van der Waals surface area contributed by atoms with Crippen LogP contribution in [0.1, 0.15) is 19.3 Å². The van der Waals surface area contributed by atoms with Crippen LogP contribution in [0.2, 0.25) is 0 Å². The van der Waals surface area contributed by atoms with Crippen molar-refractivity contribution in [3.8, 4) is 12.1 Å². The van der Waals surface area contributed by atoms with E-state index < -0.39 is 42.4 Å². The Balaban J connectivity index is 5.65. The molecule has 0 spiro atoms. The zero-order chi connectivity index (χ0) is 17.8. The second kappa shape index (κ2) is 6.99. The van der Waals surface area contributed by atoms with Crippen LogP contribution in [0.25, 0.3) is 0 Å². The molecular weight excluding hydrogens is 392 g/mol. The SMILES string of the molecule is N#CC(C#N)(CCCBr)CC(F)(F)C(F)(F)C(F)(F)C(F)F. The van der Waals surface area contributed by atoms with Crippen molar-refractivity contribution in [1.29, 1.82) is 10.5 Å². The Morgan fingerprint density at radius 2 is 1.41 bits per heavy atom. The number of hydrogen-bond acceptors (Lipinski definition) is 2. The average Bonchev–Trinajstić information content (AvgIpc) is 2.42. The molecule has 0 atom stereocenters. The molecule has 0 aliphatic carbocycles. The van der Waals surface area contributed by atoms with E-state index in [1.54, 1.807) is 0 Å². The van der Waals surface area contributed by atoms with Crippen LogP contribution in [0.3, 0.4) is 0 Å². The van der Waals surface area contributed by atoms with Crippen molar-refractivity contribution in [2.45, 2.75) is 43.5 Å². The largest absolute Gasteiger partial charge is 0.377 e. The highest BCUT2D eigenvalue weighted by Gasteiger charge is 2.76. The summed E-state index contributed by atoms with van der Waals surface area (Å²) in [5, 5.41) is 17.6. The lowest BCUT2D eigenvalue weighted by Gasteiger charge is -2.34. The van der Waals surface area contributed by atoms with Crippen LogP contribution in [0, 0.1) is 28.1 Å². The van der Waals surface area contributed by atoms with Crippen molar-refractivity contribution in [2.75, 3.05) is 5.33 Å². The van der Waals surface area contributed by atoms with E-state index >= 15 is 0 Å². The molecule has 126 valence electrons. The number of alkyl halides is 9. The Morgan fingerprint density at radius 1 is 0.955 bits per heavy atom. The van der Waals surface area contributed by atoms with Crippen molar-refractivity contribution in [3.05, 3.63) is 0 Å². The predicted octanol–water partition coefficient (Wildman–Crippen LogP) is 4.76. The van der Waals surface area contributed by atoms with Gasteiger partial charge in [-0.05, 0) is 12.8 Å². The van der Waals surface area contributed by atoms with E-state index in [0.717, 1.165) is 12.1 Å². The molecule has 0 saturated carbocycles. The highest BCUT2D eigenvalue weighted by molar-refractivity contribution is 9.09. The first-order chi connectivity index (χ1) is 9.83. The fourth-order valence-corrected chi connectivity index (χ4v) is 1.82. The number of rotatable bonds is 8. The molecule has 22 heavy (non-hydrogen) atoms. The molecule has 0 N–H and O–H groups in total. The molecule has 0 saturated heterocycles. The first-order valence-electron chi connectivity index (χ1n) is 5.63. The average molecular weight is 401 g/mol. The highest BCUT2D eigenvalue weighted by atomic mass is 79.9. The van der Waals surface area contributed by atoms with Crippen LogP contribution < -0.4 is 0 Å². The van der Waals surface area contributed by atoms with Crippen molar-refractivity contribution < 1.29 is 35.1 Å². The summed E-state index contributed by atoms with van der Waals surface area (Å²) in [5.41, 5.74) is -2.70. The van der Waals surface area contributed by atoms with Crippen molar-refractivity contribution in [2.24, 2.45) is 5.41 Å². The third-order valence-electron chi connectivity index (χ3n) is 2.84. The minimum Gasteiger partial charge on any atom is -0.203 e. The number of nitriles is 2. The van der Waals surface area contributed by atoms with Gasteiger partial charge in [0.2, 0.25) is 0 Å². The molecule has 0 unspecified atom stereocenters. The van der Waals surface area contributed by atoms with Gasteiger partial charge in [0, 0.05) is 11.8 Å². The first-order valence-corrected chi connectivity index (χ1v) is 6.76. The van der Waals surface area contributed by atoms with Gasteiger partial charge in [0.25, 0.3) is 0 Å². The molecule has 0 aromatic heterocycles. The van der Waals surface area contributed by atoms with Gasteiger partial charge in [-0.1, -0.05) is 15.9 Å². The number of halogens is 9. The minimum absolute atomic E-state index is 0.0615. The van der Waals surface area contributed by atoms with E-state index in [-0.39, 0.29) is 11.8 Å². The van der Waals surface area contributed by atoms with E-state index in [0.29, 0.717) is 0 Å². The minimum atomic E-state index is -6.42. The van der Waals surface area contributed by atoms with Gasteiger partial charge in [0.15, 0.2) is 0 Å². The van der Waals surface area contributed by atoms with Gasteiger partial charge in [-0.15, -0.1) is 0 Å². The van der Waals surface area contributed by atoms with Gasteiger partial charge in [0.05, 0.1) is 12.1 Å². The Hall–Kier alpha value is -1.10. The molecule has 0 aromatic rings. The normalized spacial score (nSPS) is 13.8. The summed E-state index contributed by atoms with van der Waals surface area (Å²) in [7, 11) is 0. The summed E-state index contributed by atoms with van der Waals surface area (Å²) in [4.78, 5) is 0. The molecule has 0 rings (SSSR count). The Labute approximate surface area is 128 Å². The molecule has 11 heteroatoms. The summed E-state index contributed by atoms with van der Waals surface area (Å²) < 4.78 is 103. The van der Waals surface area contributed by atoms with E-state index in [1.165, 1.54) is 0 Å². The van der Waals surface area contributed by atoms with Crippen LogP contribution >= 0.6 is 15.9 Å². The topological polar surface area (TPSA) is 47.6 Å². The Morgan fingerprint density at radius 3 is 1.73 bits per heavy atom. The van der Waals surface area contributed by atoms with Crippen molar-refractivity contribution >= 4 is 15.9 Å². The standard InChI is InChI=1S/C11H9BrF8N2/c12-3-1-2-8(5-21,6-22)4-9(15,16)11(19,20)10(17,18)7(13)14/h7H,1-4H2. The lowest BCUT2D eigenvalue weighted by Crippen LogP contribution is -2.58. The number of hydrogen-bond donors (Lipinski definition) is 0. The molecule has 0 aromatic carbocycles. The second-order valence-electron chi connectivity index (χ2n) is 4.48. The van der Waals surface area contributed by atoms with Gasteiger partial charge >= 0.3 is 24.2 Å². The molecule has 0 heterocycles. The van der Waals surface area contributed by atoms with Gasteiger partial charge in [-0.2, -0.15) is 36.9 Å². The van der Waals surface area contributed by atoms with Crippen molar-refractivity contribution in [1.82, 2.24) is 0 Å². The van der Waals surface area contributed by atoms with E-state index in [1.807, 2.05) is 0 Å². The fraction of sp³-hybridized carbons (Fsp3) is 0.818. The van der Waals surface area contributed by atoms with Gasteiger partial charge in [-0.25, -0.2) is 8.78 Å². The van der Waals surface area contributed by atoms with Crippen LogP contribution in [0.4, 0.5) is 35.1 Å². The first kappa shape index (κ1) is 20.9. The quantitative estimate of drug-likeness (QED) is 0.435. The van der Waals surface area contributed by atoms with Crippen LogP contribution in [-0.4, -0.2) is 29.5 Å². The molecule has 0 amide bonds. The molecule has 0 aliphatic heterocycles. The van der Waals surface area contributed by atoms with Crippen LogP contribution in [0.5, 0.6) is 0 Å². The smallest absolute Gasteiger partial charge is 0.203 e. The van der Waals surface area contributed by atoms with Crippen LogP contribution in [-0.2, 0) is 0 Å². The zero-order valence-corrected chi connectivity index (χ0v) is 12.3. The maximum atomic E-state index is 13.5. The molecule has 0 radical (unpaired) electrons. The van der Waals surface area contributed by atoms with Gasteiger partial charge in [0.1, 0.15) is 5.41 Å². The van der Waals surface area contributed by atoms with E-state index in [2.05, 4.69) is 15.9 Å². The Kier molecular flexibility index (Phi) is 6.64. The highest BCUT2D eigenvalue weighted by Crippen LogP contribution is 2.52. The molecule has 0 bridgehead atoms. The van der Waals surface area contributed by atoms with Gasteiger partial charge in [-0.3, -0.25) is 0 Å². The maximum absolute atomic E-state index is 13.5. The summed E-state index contributed by atoms with van der Waals surface area (Å²) in [6, 6.07) is 2.16. The molecular formula is C11H9BrF8N2. The summed E-state index contributed by atoms with van der Waals surface area (Å²) >= 11 is 2.86.